The topological polar surface area (TPSA) is 83.0 Å². The minimum absolute atomic E-state index is 0. The van der Waals surface area contributed by atoms with Crippen molar-refractivity contribution >= 4 is 46.8 Å². The van der Waals surface area contributed by atoms with Crippen LogP contribution in [0, 0.1) is 0 Å². The largest absolute Gasteiger partial charge is 0.444 e. The summed E-state index contributed by atoms with van der Waals surface area (Å²) in [6, 6.07) is 0.0393. The van der Waals surface area contributed by atoms with Gasteiger partial charge in [0.05, 0.1) is 12.6 Å². The van der Waals surface area contributed by atoms with Gasteiger partial charge in [0.1, 0.15) is 5.60 Å². The van der Waals surface area contributed by atoms with Crippen molar-refractivity contribution < 1.29 is 13.7 Å². The Kier molecular flexibility index (Phi) is 11.2. The monoisotopic (exact) mass is 516 g/mol. The number of guanidine groups is 1. The molecule has 1 fully saturated rings. The SMILES string of the molecule is CCNC(=NCCS(=O)C(C)(C)C)N1CCC(NC(=O)OC(C)(C)C)C1.I. The lowest BCUT2D eigenvalue weighted by Gasteiger charge is -2.23. The third-order valence-corrected chi connectivity index (χ3v) is 5.68. The van der Waals surface area contributed by atoms with Crippen LogP contribution in [0.25, 0.3) is 0 Å². The Hall–Kier alpha value is -0.580. The van der Waals surface area contributed by atoms with Gasteiger partial charge in [-0.05, 0) is 54.9 Å². The highest BCUT2D eigenvalue weighted by molar-refractivity contribution is 14.0. The molecule has 7 nitrogen and oxygen atoms in total. The van der Waals surface area contributed by atoms with Gasteiger partial charge in [0, 0.05) is 40.9 Å². The first-order valence-electron chi connectivity index (χ1n) is 9.33. The zero-order chi connectivity index (χ0) is 20.0. The van der Waals surface area contributed by atoms with E-state index < -0.39 is 16.4 Å². The first kappa shape index (κ1) is 26.4. The van der Waals surface area contributed by atoms with Crippen LogP contribution in [0.1, 0.15) is 54.9 Å². The van der Waals surface area contributed by atoms with E-state index >= 15 is 0 Å². The van der Waals surface area contributed by atoms with E-state index in [0.717, 1.165) is 25.5 Å². The fourth-order valence-electron chi connectivity index (χ4n) is 2.51. The van der Waals surface area contributed by atoms with Gasteiger partial charge in [0.15, 0.2) is 5.96 Å². The molecule has 2 N–H and O–H groups in total. The van der Waals surface area contributed by atoms with Crippen molar-refractivity contribution in [3.05, 3.63) is 0 Å². The Balaban J connectivity index is 0.00000676. The van der Waals surface area contributed by atoms with Gasteiger partial charge in [0.2, 0.25) is 0 Å². The number of aliphatic imine (C=N–C) groups is 1. The van der Waals surface area contributed by atoms with E-state index in [9.17, 15) is 9.00 Å². The Morgan fingerprint density at radius 2 is 1.89 bits per heavy atom. The summed E-state index contributed by atoms with van der Waals surface area (Å²) in [6.45, 7) is 16.3. The lowest BCUT2D eigenvalue weighted by Crippen LogP contribution is -2.44. The van der Waals surface area contributed by atoms with Crippen LogP contribution in [-0.4, -0.2) is 69.5 Å². The molecule has 1 aliphatic rings. The van der Waals surface area contributed by atoms with Crippen LogP contribution in [0.15, 0.2) is 4.99 Å². The summed E-state index contributed by atoms with van der Waals surface area (Å²) >= 11 is 0. The number of likely N-dealkylation sites (tertiary alicyclic amines) is 1. The highest BCUT2D eigenvalue weighted by Gasteiger charge is 2.28. The summed E-state index contributed by atoms with van der Waals surface area (Å²) in [5, 5.41) is 6.20. The quantitative estimate of drug-likeness (QED) is 0.334. The van der Waals surface area contributed by atoms with Crippen LogP contribution in [-0.2, 0) is 15.5 Å². The van der Waals surface area contributed by atoms with Crippen molar-refractivity contribution in [1.82, 2.24) is 15.5 Å². The summed E-state index contributed by atoms with van der Waals surface area (Å²) in [4.78, 5) is 18.7. The smallest absolute Gasteiger partial charge is 0.407 e. The Labute approximate surface area is 183 Å². The summed E-state index contributed by atoms with van der Waals surface area (Å²) in [5.74, 6) is 1.36. The summed E-state index contributed by atoms with van der Waals surface area (Å²) < 4.78 is 17.3. The summed E-state index contributed by atoms with van der Waals surface area (Å²) in [5.41, 5.74) is -0.499. The predicted molar refractivity (Wildman–Crippen MR) is 124 cm³/mol. The van der Waals surface area contributed by atoms with Crippen molar-refractivity contribution in [3.8, 4) is 0 Å². The number of ether oxygens (including phenoxy) is 1. The molecule has 1 heterocycles. The minimum Gasteiger partial charge on any atom is -0.444 e. The Morgan fingerprint density at radius 3 is 2.41 bits per heavy atom. The van der Waals surface area contributed by atoms with E-state index in [1.165, 1.54) is 0 Å². The summed E-state index contributed by atoms with van der Waals surface area (Å²) in [7, 11) is -0.911. The summed E-state index contributed by atoms with van der Waals surface area (Å²) in [6.07, 6.45) is 0.462. The lowest BCUT2D eigenvalue weighted by atomic mass is 10.2. The number of rotatable bonds is 5. The van der Waals surface area contributed by atoms with Crippen LogP contribution in [0.3, 0.4) is 0 Å². The predicted octanol–water partition coefficient (Wildman–Crippen LogP) is 2.72. The maximum absolute atomic E-state index is 12.2. The fourth-order valence-corrected chi connectivity index (χ4v) is 3.38. The molecule has 0 bridgehead atoms. The molecule has 0 radical (unpaired) electrons. The molecule has 160 valence electrons. The maximum Gasteiger partial charge on any atom is 0.407 e. The van der Waals surface area contributed by atoms with Gasteiger partial charge < -0.3 is 20.3 Å². The second-order valence-corrected chi connectivity index (χ2v) is 10.8. The lowest BCUT2D eigenvalue weighted by molar-refractivity contribution is 0.0507. The molecule has 0 aromatic heterocycles. The molecule has 0 aromatic carbocycles. The van der Waals surface area contributed by atoms with Crippen molar-refractivity contribution in [2.45, 2.75) is 71.3 Å². The van der Waals surface area contributed by atoms with Gasteiger partial charge in [-0.3, -0.25) is 9.20 Å². The maximum atomic E-state index is 12.2. The molecular formula is C18H37IN4O3S. The molecule has 1 rings (SSSR count). The van der Waals surface area contributed by atoms with Crippen LogP contribution >= 0.6 is 24.0 Å². The van der Waals surface area contributed by atoms with E-state index in [2.05, 4.69) is 20.5 Å². The normalized spacial score (nSPS) is 19.3. The van der Waals surface area contributed by atoms with Crippen molar-refractivity contribution in [1.29, 1.82) is 0 Å². The van der Waals surface area contributed by atoms with E-state index in [1.807, 2.05) is 48.5 Å². The highest BCUT2D eigenvalue weighted by Crippen LogP contribution is 2.13. The first-order valence-corrected chi connectivity index (χ1v) is 10.7. The molecule has 0 saturated carbocycles. The molecule has 1 amide bonds. The third kappa shape index (κ3) is 10.5. The van der Waals surface area contributed by atoms with E-state index in [-0.39, 0.29) is 40.9 Å². The van der Waals surface area contributed by atoms with Gasteiger partial charge in [0.25, 0.3) is 0 Å². The fraction of sp³-hybridized carbons (Fsp3) is 0.889. The zero-order valence-corrected chi connectivity index (χ0v) is 20.9. The van der Waals surface area contributed by atoms with E-state index in [4.69, 9.17) is 4.74 Å². The number of nitrogens with zero attached hydrogens (tertiary/aromatic N) is 2. The molecule has 0 aliphatic carbocycles. The average Bonchev–Trinajstić information content (AvgIpc) is 2.91. The van der Waals surface area contributed by atoms with Gasteiger partial charge in [-0.1, -0.05) is 0 Å². The number of halogens is 1. The van der Waals surface area contributed by atoms with Crippen LogP contribution in [0.2, 0.25) is 0 Å². The molecular weight excluding hydrogens is 479 g/mol. The molecule has 1 saturated heterocycles. The Morgan fingerprint density at radius 1 is 1.26 bits per heavy atom. The van der Waals surface area contributed by atoms with Gasteiger partial charge in [-0.25, -0.2) is 4.79 Å². The average molecular weight is 516 g/mol. The van der Waals surface area contributed by atoms with E-state index in [1.54, 1.807) is 0 Å². The number of alkyl carbamates (subject to hydrolysis) is 1. The van der Waals surface area contributed by atoms with Crippen LogP contribution < -0.4 is 10.6 Å². The molecule has 0 aromatic rings. The number of nitrogens with one attached hydrogen (secondary N) is 2. The van der Waals surface area contributed by atoms with Crippen molar-refractivity contribution in [3.63, 3.8) is 0 Å². The van der Waals surface area contributed by atoms with Crippen LogP contribution in [0.4, 0.5) is 4.79 Å². The second-order valence-electron chi connectivity index (χ2n) is 8.48. The van der Waals surface area contributed by atoms with Gasteiger partial charge >= 0.3 is 6.09 Å². The molecule has 2 unspecified atom stereocenters. The van der Waals surface area contributed by atoms with Crippen molar-refractivity contribution in [2.75, 3.05) is 31.9 Å². The standard InChI is InChI=1S/C18H36N4O3S.HI/c1-8-19-15(20-10-12-26(24)18(5,6)7)22-11-9-14(13-22)21-16(23)25-17(2,3)4;/h14H,8-13H2,1-7H3,(H,19,20)(H,21,23);1H. The van der Waals surface area contributed by atoms with E-state index in [0.29, 0.717) is 18.8 Å². The molecule has 9 heteroatoms. The minimum atomic E-state index is -0.911. The molecule has 0 spiro atoms. The van der Waals surface area contributed by atoms with Gasteiger partial charge in [-0.15, -0.1) is 24.0 Å². The molecule has 27 heavy (non-hydrogen) atoms. The van der Waals surface area contributed by atoms with Gasteiger partial charge in [-0.2, -0.15) is 0 Å². The zero-order valence-electron chi connectivity index (χ0n) is 17.8. The number of hydrogen-bond acceptors (Lipinski definition) is 4. The number of hydrogen-bond donors (Lipinski definition) is 2. The Bertz CT molecular complexity index is 530. The number of amides is 1. The number of carbonyl (C=O) groups excluding carboxylic acids is 1. The highest BCUT2D eigenvalue weighted by atomic mass is 127. The van der Waals surface area contributed by atoms with Crippen molar-refractivity contribution in [2.24, 2.45) is 4.99 Å². The first-order chi connectivity index (χ1) is 11.9. The molecule has 1 aliphatic heterocycles. The number of carbonyl (C=O) groups is 1. The third-order valence-electron chi connectivity index (χ3n) is 3.76. The molecule has 2 atom stereocenters. The second kappa shape index (κ2) is 11.4. The van der Waals surface area contributed by atoms with Crippen LogP contribution in [0.5, 0.6) is 0 Å².